The summed E-state index contributed by atoms with van der Waals surface area (Å²) in [6, 6.07) is 6.08. The molecule has 1 aromatic carbocycles. The van der Waals surface area contributed by atoms with Crippen LogP contribution < -0.4 is 10.1 Å². The van der Waals surface area contributed by atoms with Gasteiger partial charge in [0, 0.05) is 30.7 Å². The zero-order valence-corrected chi connectivity index (χ0v) is 18.5. The maximum absolute atomic E-state index is 12.9. The summed E-state index contributed by atoms with van der Waals surface area (Å²) in [6.07, 6.45) is -6.23. The number of amides is 1. The number of piperidine rings is 1. The summed E-state index contributed by atoms with van der Waals surface area (Å²) in [7, 11) is 1.37. The summed E-state index contributed by atoms with van der Waals surface area (Å²) >= 11 is 0. The Balaban J connectivity index is 1.52. The van der Waals surface area contributed by atoms with Crippen LogP contribution in [0.4, 0.5) is 32.0 Å². The van der Waals surface area contributed by atoms with Gasteiger partial charge in [-0.25, -0.2) is 4.98 Å². The fourth-order valence-corrected chi connectivity index (χ4v) is 4.03. The van der Waals surface area contributed by atoms with E-state index in [0.29, 0.717) is 23.7 Å². The lowest BCUT2D eigenvalue weighted by Crippen LogP contribution is -2.40. The first kappa shape index (κ1) is 24.8. The number of hydrogen-bond acceptors (Lipinski definition) is 5. The van der Waals surface area contributed by atoms with Crippen LogP contribution in [0.2, 0.25) is 0 Å². The Labute approximate surface area is 195 Å². The molecule has 0 unspecified atom stereocenters. The minimum Gasteiger partial charge on any atom is -0.494 e. The second-order valence-corrected chi connectivity index (χ2v) is 8.20. The van der Waals surface area contributed by atoms with Gasteiger partial charge in [-0.05, 0) is 31.0 Å². The number of nitrogens with zero attached hydrogens (tertiary/aromatic N) is 4. The monoisotopic (exact) mass is 501 g/mol. The molecule has 1 saturated heterocycles. The number of nitrogens with one attached hydrogen (secondary N) is 1. The third-order valence-electron chi connectivity index (χ3n) is 5.70. The summed E-state index contributed by atoms with van der Waals surface area (Å²) in [5.41, 5.74) is -0.850. The van der Waals surface area contributed by atoms with Gasteiger partial charge in [0.1, 0.15) is 17.1 Å². The number of halogens is 6. The van der Waals surface area contributed by atoms with E-state index in [1.807, 2.05) is 0 Å². The van der Waals surface area contributed by atoms with E-state index >= 15 is 0 Å². The molecule has 0 saturated carbocycles. The number of benzene rings is 1. The Bertz CT molecular complexity index is 1220. The number of pyridine rings is 1. The number of fused-ring (bicyclic) bond motifs is 1. The second kappa shape index (κ2) is 9.36. The minimum atomic E-state index is -4.69. The topological polar surface area (TPSA) is 72.3 Å². The molecule has 13 heteroatoms. The van der Waals surface area contributed by atoms with E-state index < -0.39 is 36.2 Å². The highest BCUT2D eigenvalue weighted by Crippen LogP contribution is 2.33. The highest BCUT2D eigenvalue weighted by molar-refractivity contribution is 6.05. The van der Waals surface area contributed by atoms with Crippen molar-refractivity contribution in [2.45, 2.75) is 31.2 Å². The zero-order valence-electron chi connectivity index (χ0n) is 18.5. The average molecular weight is 501 g/mol. The molecule has 1 amide bonds. The van der Waals surface area contributed by atoms with Crippen molar-refractivity contribution in [2.75, 3.05) is 32.1 Å². The molecule has 35 heavy (non-hydrogen) atoms. The molecule has 4 rings (SSSR count). The van der Waals surface area contributed by atoms with Crippen LogP contribution in [0.25, 0.3) is 10.9 Å². The number of ether oxygens (including phenoxy) is 1. The van der Waals surface area contributed by atoms with E-state index in [-0.39, 0.29) is 30.6 Å². The van der Waals surface area contributed by atoms with E-state index in [9.17, 15) is 31.1 Å². The minimum absolute atomic E-state index is 0.0924. The van der Waals surface area contributed by atoms with E-state index in [2.05, 4.69) is 15.4 Å². The lowest BCUT2D eigenvalue weighted by Gasteiger charge is -2.32. The fraction of sp³-hybridized carbons (Fsp3) is 0.409. The van der Waals surface area contributed by atoms with E-state index in [4.69, 9.17) is 4.74 Å². The molecule has 3 aromatic rings. The number of aromatic nitrogens is 3. The maximum Gasteiger partial charge on any atom is 0.433 e. The lowest BCUT2D eigenvalue weighted by atomic mass is 10.1. The lowest BCUT2D eigenvalue weighted by molar-refractivity contribution is -0.148. The highest BCUT2D eigenvalue weighted by Gasteiger charge is 2.34. The molecule has 0 bridgehead atoms. The molecule has 1 aliphatic heterocycles. The van der Waals surface area contributed by atoms with Crippen LogP contribution in [0.3, 0.4) is 0 Å². The first-order chi connectivity index (χ1) is 16.4. The van der Waals surface area contributed by atoms with E-state index in [1.54, 1.807) is 23.0 Å². The number of anilines is 1. The molecule has 0 atom stereocenters. The van der Waals surface area contributed by atoms with Crippen molar-refractivity contribution >= 4 is 22.5 Å². The molecule has 7 nitrogen and oxygen atoms in total. The van der Waals surface area contributed by atoms with Crippen molar-refractivity contribution in [2.24, 2.45) is 0 Å². The predicted octanol–water partition coefficient (Wildman–Crippen LogP) is 4.91. The van der Waals surface area contributed by atoms with E-state index in [0.717, 1.165) is 12.1 Å². The Hall–Kier alpha value is -3.35. The number of carbonyl (C=O) groups excluding carboxylic acids is 1. The Morgan fingerprint density at radius 1 is 1.14 bits per heavy atom. The number of hydrogen-bond donors (Lipinski definition) is 1. The van der Waals surface area contributed by atoms with Crippen molar-refractivity contribution in [1.82, 2.24) is 19.7 Å². The van der Waals surface area contributed by atoms with Crippen LogP contribution in [-0.2, 0) is 6.18 Å². The van der Waals surface area contributed by atoms with Gasteiger partial charge in [0.25, 0.3) is 5.91 Å². The quantitative estimate of drug-likeness (QED) is 0.503. The summed E-state index contributed by atoms with van der Waals surface area (Å²) in [6.45, 7) is -0.369. The summed E-state index contributed by atoms with van der Waals surface area (Å²) < 4.78 is 83.6. The largest absolute Gasteiger partial charge is 0.494 e. The third kappa shape index (κ3) is 5.84. The van der Waals surface area contributed by atoms with Crippen molar-refractivity contribution in [3.8, 4) is 5.75 Å². The van der Waals surface area contributed by atoms with Gasteiger partial charge in [0.05, 0.1) is 30.9 Å². The van der Waals surface area contributed by atoms with Crippen molar-refractivity contribution in [1.29, 1.82) is 0 Å². The summed E-state index contributed by atoms with van der Waals surface area (Å²) in [5, 5.41) is 7.65. The van der Waals surface area contributed by atoms with Gasteiger partial charge in [0.15, 0.2) is 0 Å². The molecule has 188 valence electrons. The van der Waals surface area contributed by atoms with Gasteiger partial charge in [0.2, 0.25) is 0 Å². The predicted molar refractivity (Wildman–Crippen MR) is 114 cm³/mol. The molecule has 3 heterocycles. The van der Waals surface area contributed by atoms with Crippen LogP contribution in [0.15, 0.2) is 36.5 Å². The number of alkyl halides is 6. The van der Waals surface area contributed by atoms with Crippen molar-refractivity contribution in [3.63, 3.8) is 0 Å². The smallest absolute Gasteiger partial charge is 0.433 e. The molecular weight excluding hydrogens is 480 g/mol. The molecule has 0 spiro atoms. The van der Waals surface area contributed by atoms with Gasteiger partial charge >= 0.3 is 12.4 Å². The third-order valence-corrected chi connectivity index (χ3v) is 5.70. The fourth-order valence-electron chi connectivity index (χ4n) is 4.03. The standard InChI is InChI=1S/C22H21F6N5O2/c1-35-18-10-16-13(11-33(31-16)14-5-7-32(8-6-14)12-21(23,24)25)9-17(18)30-20(34)15-3-2-4-19(29-15)22(26,27)28/h2-4,9-11,14H,5-8,12H2,1H3,(H,30,34). The molecule has 0 aliphatic carbocycles. The first-order valence-corrected chi connectivity index (χ1v) is 10.6. The normalized spacial score (nSPS) is 16.0. The first-order valence-electron chi connectivity index (χ1n) is 10.6. The number of methoxy groups -OCH3 is 1. The van der Waals surface area contributed by atoms with Crippen LogP contribution in [0.1, 0.15) is 35.1 Å². The Kier molecular flexibility index (Phi) is 6.62. The van der Waals surface area contributed by atoms with Crippen LogP contribution >= 0.6 is 0 Å². The molecule has 1 N–H and O–H groups in total. The van der Waals surface area contributed by atoms with Gasteiger partial charge in [-0.15, -0.1) is 0 Å². The van der Waals surface area contributed by atoms with Crippen molar-refractivity contribution < 1.29 is 35.9 Å². The number of carbonyl (C=O) groups is 1. The van der Waals surface area contributed by atoms with Crippen LogP contribution in [0.5, 0.6) is 5.75 Å². The average Bonchev–Trinajstić information content (AvgIpc) is 3.20. The second-order valence-electron chi connectivity index (χ2n) is 8.20. The van der Waals surface area contributed by atoms with Gasteiger partial charge in [-0.3, -0.25) is 14.4 Å². The Morgan fingerprint density at radius 2 is 1.86 bits per heavy atom. The number of likely N-dealkylation sites (tertiary alicyclic amines) is 1. The zero-order chi connectivity index (χ0) is 25.4. The van der Waals surface area contributed by atoms with Gasteiger partial charge in [-0.1, -0.05) is 6.07 Å². The molecule has 1 fully saturated rings. The Morgan fingerprint density at radius 3 is 2.49 bits per heavy atom. The summed E-state index contributed by atoms with van der Waals surface area (Å²) in [4.78, 5) is 17.3. The molecule has 0 radical (unpaired) electrons. The van der Waals surface area contributed by atoms with E-state index in [1.165, 1.54) is 18.1 Å². The van der Waals surface area contributed by atoms with Crippen molar-refractivity contribution in [3.05, 3.63) is 47.9 Å². The van der Waals surface area contributed by atoms with Crippen LogP contribution in [0, 0.1) is 0 Å². The van der Waals surface area contributed by atoms with Gasteiger partial charge < -0.3 is 10.1 Å². The molecule has 2 aromatic heterocycles. The van der Waals surface area contributed by atoms with Gasteiger partial charge in [-0.2, -0.15) is 31.4 Å². The molecule has 1 aliphatic rings. The SMILES string of the molecule is COc1cc2nn(C3CCN(CC(F)(F)F)CC3)cc2cc1NC(=O)c1cccc(C(F)(F)F)n1. The van der Waals surface area contributed by atoms with Crippen LogP contribution in [-0.4, -0.2) is 58.5 Å². The molecular formula is C22H21F6N5O2. The summed E-state index contributed by atoms with van der Waals surface area (Å²) in [5.74, 6) is -0.610. The highest BCUT2D eigenvalue weighted by atomic mass is 19.4. The number of rotatable bonds is 5. The maximum atomic E-state index is 12.9.